The summed E-state index contributed by atoms with van der Waals surface area (Å²) in [4.78, 5) is 11.2. The van der Waals surface area contributed by atoms with Crippen LogP contribution in [-0.2, 0) is 4.79 Å². The van der Waals surface area contributed by atoms with Crippen LogP contribution in [-0.4, -0.2) is 6.41 Å². The summed E-state index contributed by atoms with van der Waals surface area (Å²) in [7, 11) is 0. The second-order valence-corrected chi connectivity index (χ2v) is 7.71. The van der Waals surface area contributed by atoms with E-state index in [1.54, 1.807) is 0 Å². The van der Waals surface area contributed by atoms with Crippen molar-refractivity contribution in [1.29, 1.82) is 0 Å². The maximum absolute atomic E-state index is 11.2. The Kier molecular flexibility index (Phi) is 3.69. The van der Waals surface area contributed by atoms with E-state index in [0.717, 1.165) is 17.7 Å². The summed E-state index contributed by atoms with van der Waals surface area (Å²) < 4.78 is 2.58. The quantitative estimate of drug-likeness (QED) is 0.351. The molecule has 1 heterocycles. The zero-order valence-corrected chi connectivity index (χ0v) is 15.6. The van der Waals surface area contributed by atoms with Gasteiger partial charge in [-0.25, -0.2) is 0 Å². The van der Waals surface area contributed by atoms with Gasteiger partial charge in [0.15, 0.2) is 0 Å². The minimum absolute atomic E-state index is 0.748. The third-order valence-electron chi connectivity index (χ3n) is 5.21. The lowest BCUT2D eigenvalue weighted by atomic mass is 9.90. The molecule has 4 aromatic carbocycles. The van der Waals surface area contributed by atoms with Gasteiger partial charge in [-0.05, 0) is 41.0 Å². The number of nitrogens with one attached hydrogen (secondary N) is 1. The van der Waals surface area contributed by atoms with Crippen LogP contribution in [0.1, 0.15) is 5.56 Å². The molecule has 130 valence electrons. The molecule has 0 aliphatic rings. The van der Waals surface area contributed by atoms with Gasteiger partial charge in [0, 0.05) is 31.4 Å². The summed E-state index contributed by atoms with van der Waals surface area (Å²) in [5, 5.41) is 7.96. The van der Waals surface area contributed by atoms with Crippen molar-refractivity contribution in [2.24, 2.45) is 0 Å². The first-order valence-corrected chi connectivity index (χ1v) is 9.73. The average molecular weight is 367 g/mol. The molecule has 1 N–H and O–H groups in total. The molecule has 27 heavy (non-hydrogen) atoms. The van der Waals surface area contributed by atoms with Crippen molar-refractivity contribution >= 4 is 54.4 Å². The van der Waals surface area contributed by atoms with E-state index in [0.29, 0.717) is 0 Å². The Morgan fingerprint density at radius 1 is 0.815 bits per heavy atom. The summed E-state index contributed by atoms with van der Waals surface area (Å²) in [6.07, 6.45) is 0.748. The molecule has 0 unspecified atom stereocenters. The van der Waals surface area contributed by atoms with Crippen LogP contribution in [0.15, 0.2) is 72.8 Å². The van der Waals surface area contributed by atoms with Crippen molar-refractivity contribution in [2.45, 2.75) is 6.92 Å². The number of fused-ring (bicyclic) bond motifs is 5. The van der Waals surface area contributed by atoms with Gasteiger partial charge in [-0.2, -0.15) is 0 Å². The van der Waals surface area contributed by atoms with Gasteiger partial charge in [-0.15, -0.1) is 11.3 Å². The Hall–Kier alpha value is -3.17. The lowest BCUT2D eigenvalue weighted by Crippen LogP contribution is -1.97. The Balaban J connectivity index is 2.05. The zero-order valence-electron chi connectivity index (χ0n) is 14.8. The molecule has 0 aliphatic carbocycles. The standard InChI is InChI=1S/C24H17NOS/c1-15-16-8-2-3-9-17(16)24-23(19-11-5-7-13-21(19)27-24)22(15)18-10-4-6-12-20(18)25-14-26/h2-14H,1H3,(H,25,26). The highest BCUT2D eigenvalue weighted by molar-refractivity contribution is 7.26. The summed E-state index contributed by atoms with van der Waals surface area (Å²) in [6.45, 7) is 2.18. The Labute approximate surface area is 161 Å². The van der Waals surface area contributed by atoms with Crippen molar-refractivity contribution in [2.75, 3.05) is 5.32 Å². The van der Waals surface area contributed by atoms with E-state index < -0.39 is 0 Å². The maximum Gasteiger partial charge on any atom is 0.211 e. The molecular formula is C24H17NOS. The topological polar surface area (TPSA) is 29.1 Å². The fraction of sp³-hybridized carbons (Fsp3) is 0.0417. The van der Waals surface area contributed by atoms with E-state index >= 15 is 0 Å². The number of hydrogen-bond donors (Lipinski definition) is 1. The van der Waals surface area contributed by atoms with Gasteiger partial charge in [0.2, 0.25) is 6.41 Å². The minimum atomic E-state index is 0.748. The number of carbonyl (C=O) groups excluding carboxylic acids is 1. The second kappa shape index (κ2) is 6.22. The summed E-state index contributed by atoms with van der Waals surface area (Å²) in [6, 6.07) is 25.2. The van der Waals surface area contributed by atoms with Crippen molar-refractivity contribution in [3.05, 3.63) is 78.4 Å². The van der Waals surface area contributed by atoms with E-state index in [9.17, 15) is 4.79 Å². The van der Waals surface area contributed by atoms with Gasteiger partial charge in [0.05, 0.1) is 0 Å². The number of aryl methyl sites for hydroxylation is 1. The van der Waals surface area contributed by atoms with Crippen molar-refractivity contribution in [3.8, 4) is 11.1 Å². The predicted molar refractivity (Wildman–Crippen MR) is 117 cm³/mol. The molecule has 0 saturated carbocycles. The maximum atomic E-state index is 11.2. The highest BCUT2D eigenvalue weighted by atomic mass is 32.1. The smallest absolute Gasteiger partial charge is 0.211 e. The van der Waals surface area contributed by atoms with Crippen LogP contribution in [0.25, 0.3) is 42.1 Å². The van der Waals surface area contributed by atoms with E-state index in [1.807, 2.05) is 29.5 Å². The first kappa shape index (κ1) is 16.0. The van der Waals surface area contributed by atoms with Gasteiger partial charge in [0.1, 0.15) is 0 Å². The summed E-state index contributed by atoms with van der Waals surface area (Å²) in [5.41, 5.74) is 4.33. The second-order valence-electron chi connectivity index (χ2n) is 6.66. The largest absolute Gasteiger partial charge is 0.328 e. The average Bonchev–Trinajstić information content (AvgIpc) is 3.09. The van der Waals surface area contributed by atoms with E-state index in [4.69, 9.17) is 0 Å². The lowest BCUT2D eigenvalue weighted by molar-refractivity contribution is -0.105. The van der Waals surface area contributed by atoms with E-state index in [2.05, 4.69) is 66.8 Å². The normalized spacial score (nSPS) is 11.3. The lowest BCUT2D eigenvalue weighted by Gasteiger charge is -2.16. The van der Waals surface area contributed by atoms with Gasteiger partial charge in [-0.3, -0.25) is 4.79 Å². The van der Waals surface area contributed by atoms with Crippen LogP contribution in [0.4, 0.5) is 5.69 Å². The third kappa shape index (κ3) is 2.36. The van der Waals surface area contributed by atoms with Gasteiger partial charge in [0.25, 0.3) is 0 Å². The van der Waals surface area contributed by atoms with Crippen molar-refractivity contribution in [1.82, 2.24) is 0 Å². The fourth-order valence-corrected chi connectivity index (χ4v) is 5.29. The third-order valence-corrected chi connectivity index (χ3v) is 6.41. The Morgan fingerprint density at radius 2 is 1.48 bits per heavy atom. The fourth-order valence-electron chi connectivity index (χ4n) is 4.04. The monoisotopic (exact) mass is 367 g/mol. The van der Waals surface area contributed by atoms with Crippen LogP contribution in [0.3, 0.4) is 0 Å². The first-order chi connectivity index (χ1) is 13.3. The highest BCUT2D eigenvalue weighted by Crippen LogP contribution is 2.47. The van der Waals surface area contributed by atoms with Crippen LogP contribution in [0, 0.1) is 6.92 Å². The minimum Gasteiger partial charge on any atom is -0.328 e. The van der Waals surface area contributed by atoms with Gasteiger partial charge >= 0.3 is 0 Å². The van der Waals surface area contributed by atoms with Crippen LogP contribution < -0.4 is 5.32 Å². The number of amides is 1. The number of thiophene rings is 1. The molecular weight excluding hydrogens is 350 g/mol. The molecule has 0 atom stereocenters. The van der Waals surface area contributed by atoms with Crippen LogP contribution >= 0.6 is 11.3 Å². The number of para-hydroxylation sites is 1. The van der Waals surface area contributed by atoms with E-state index in [-0.39, 0.29) is 0 Å². The van der Waals surface area contributed by atoms with Crippen molar-refractivity contribution in [3.63, 3.8) is 0 Å². The highest BCUT2D eigenvalue weighted by Gasteiger charge is 2.19. The zero-order chi connectivity index (χ0) is 18.4. The molecule has 0 bridgehead atoms. The summed E-state index contributed by atoms with van der Waals surface area (Å²) in [5.74, 6) is 0. The molecule has 5 rings (SSSR count). The van der Waals surface area contributed by atoms with Crippen LogP contribution in [0.5, 0.6) is 0 Å². The van der Waals surface area contributed by atoms with Crippen LogP contribution in [0.2, 0.25) is 0 Å². The van der Waals surface area contributed by atoms with Gasteiger partial charge in [-0.1, -0.05) is 60.7 Å². The van der Waals surface area contributed by atoms with Gasteiger partial charge < -0.3 is 5.32 Å². The molecule has 0 saturated heterocycles. The Bertz CT molecular complexity index is 1330. The summed E-state index contributed by atoms with van der Waals surface area (Å²) >= 11 is 1.84. The predicted octanol–water partition coefficient (Wildman–Crippen LogP) is 6.75. The molecule has 0 aliphatic heterocycles. The molecule has 0 spiro atoms. The molecule has 0 radical (unpaired) electrons. The number of hydrogen-bond acceptors (Lipinski definition) is 2. The number of carbonyl (C=O) groups is 1. The molecule has 1 amide bonds. The SMILES string of the molecule is Cc1c(-c2ccccc2NC=O)c2c3ccccc3sc2c2ccccc12. The van der Waals surface area contributed by atoms with Crippen molar-refractivity contribution < 1.29 is 4.79 Å². The first-order valence-electron chi connectivity index (χ1n) is 8.91. The molecule has 0 fully saturated rings. The Morgan fingerprint density at radius 3 is 2.30 bits per heavy atom. The molecule has 1 aromatic heterocycles. The molecule has 5 aromatic rings. The molecule has 3 heteroatoms. The number of rotatable bonds is 3. The number of anilines is 1. The number of benzene rings is 4. The van der Waals surface area contributed by atoms with E-state index in [1.165, 1.54) is 42.1 Å². The molecule has 2 nitrogen and oxygen atoms in total.